The molecule has 198 valence electrons. The fourth-order valence-corrected chi connectivity index (χ4v) is 4.47. The minimum Gasteiger partial charge on any atom is -0.507 e. The zero-order chi connectivity index (χ0) is 27.6. The van der Waals surface area contributed by atoms with Crippen LogP contribution in [0.3, 0.4) is 0 Å². The highest BCUT2D eigenvalue weighted by atomic mass is 19.4. The largest absolute Gasteiger partial charge is 0.573 e. The third-order valence-corrected chi connectivity index (χ3v) is 6.09. The van der Waals surface area contributed by atoms with Crippen molar-refractivity contribution in [1.29, 1.82) is 0 Å². The van der Waals surface area contributed by atoms with Gasteiger partial charge in [-0.05, 0) is 54.3 Å². The van der Waals surface area contributed by atoms with Gasteiger partial charge in [-0.1, -0.05) is 50.2 Å². The molecule has 1 fully saturated rings. The van der Waals surface area contributed by atoms with Gasteiger partial charge in [0.15, 0.2) is 0 Å². The van der Waals surface area contributed by atoms with Gasteiger partial charge in [-0.25, -0.2) is 0 Å². The van der Waals surface area contributed by atoms with Crippen molar-refractivity contribution in [3.63, 3.8) is 0 Å². The summed E-state index contributed by atoms with van der Waals surface area (Å²) in [5.74, 6) is -2.21. The van der Waals surface area contributed by atoms with Crippen molar-refractivity contribution in [2.75, 3.05) is 11.5 Å². The van der Waals surface area contributed by atoms with Crippen molar-refractivity contribution in [1.82, 2.24) is 0 Å². The number of nitrogens with zero attached hydrogens (tertiary/aromatic N) is 1. The molecule has 3 aromatic rings. The van der Waals surface area contributed by atoms with E-state index >= 15 is 0 Å². The molecule has 0 aromatic heterocycles. The smallest absolute Gasteiger partial charge is 0.507 e. The number of ether oxygens (including phenoxy) is 2. The number of hydrogen-bond acceptors (Lipinski definition) is 5. The predicted molar refractivity (Wildman–Crippen MR) is 136 cm³/mol. The van der Waals surface area contributed by atoms with Crippen LogP contribution in [0.15, 0.2) is 78.4 Å². The number of ketones is 1. The van der Waals surface area contributed by atoms with E-state index in [4.69, 9.17) is 4.74 Å². The molecule has 3 aromatic carbocycles. The van der Waals surface area contributed by atoms with E-state index < -0.39 is 35.6 Å². The van der Waals surface area contributed by atoms with Crippen LogP contribution in [0.4, 0.5) is 18.9 Å². The van der Waals surface area contributed by atoms with Gasteiger partial charge in [0.2, 0.25) is 0 Å². The topological polar surface area (TPSA) is 76.1 Å². The van der Waals surface area contributed by atoms with Crippen molar-refractivity contribution in [2.45, 2.75) is 39.1 Å². The monoisotopic (exact) mass is 525 g/mol. The molecule has 0 saturated carbocycles. The summed E-state index contributed by atoms with van der Waals surface area (Å²) >= 11 is 0. The molecule has 1 aliphatic heterocycles. The molecule has 0 aliphatic carbocycles. The molecule has 1 N–H and O–H groups in total. The molecule has 1 heterocycles. The van der Waals surface area contributed by atoms with Gasteiger partial charge in [0.1, 0.15) is 17.3 Å². The number of amides is 1. The highest BCUT2D eigenvalue weighted by Gasteiger charge is 2.47. The highest BCUT2D eigenvalue weighted by Crippen LogP contribution is 2.43. The first-order chi connectivity index (χ1) is 18.0. The fourth-order valence-electron chi connectivity index (χ4n) is 4.47. The van der Waals surface area contributed by atoms with Gasteiger partial charge in [-0.15, -0.1) is 13.2 Å². The van der Waals surface area contributed by atoms with Gasteiger partial charge in [-0.3, -0.25) is 14.5 Å². The molecule has 0 bridgehead atoms. The number of rotatable bonds is 7. The summed E-state index contributed by atoms with van der Waals surface area (Å²) in [5, 5.41) is 11.4. The lowest BCUT2D eigenvalue weighted by Crippen LogP contribution is -2.29. The quantitative estimate of drug-likeness (QED) is 0.210. The van der Waals surface area contributed by atoms with Crippen molar-refractivity contribution in [2.24, 2.45) is 0 Å². The zero-order valence-corrected chi connectivity index (χ0v) is 21.0. The molecular formula is C29H26F3NO5. The van der Waals surface area contributed by atoms with Crippen LogP contribution < -0.4 is 14.4 Å². The van der Waals surface area contributed by atoms with Crippen LogP contribution in [-0.2, 0) is 9.59 Å². The van der Waals surface area contributed by atoms with Crippen LogP contribution in [0.1, 0.15) is 49.4 Å². The molecule has 0 spiro atoms. The summed E-state index contributed by atoms with van der Waals surface area (Å²) in [6, 6.07) is 17.2. The van der Waals surface area contributed by atoms with E-state index in [0.29, 0.717) is 23.5 Å². The van der Waals surface area contributed by atoms with E-state index in [1.165, 1.54) is 12.1 Å². The summed E-state index contributed by atoms with van der Waals surface area (Å²) in [5.41, 5.74) is 1.44. The van der Waals surface area contributed by atoms with E-state index in [1.54, 1.807) is 48.5 Å². The standard InChI is InChI=1S/C29H26F3NO5/c1-4-37-23-14-13-19(15-22(23)17(2)3)26(34)24-25(18-9-6-5-7-10-18)33(28(36)27(24)35)20-11-8-12-21(16-20)38-29(30,31)32/h5-17,25,34H,4H2,1-3H3/b26-24-. The van der Waals surface area contributed by atoms with E-state index in [9.17, 15) is 27.9 Å². The second-order valence-corrected chi connectivity index (χ2v) is 8.97. The third-order valence-electron chi connectivity index (χ3n) is 6.09. The molecule has 9 heteroatoms. The SMILES string of the molecule is CCOc1ccc(/C(O)=C2/C(=O)C(=O)N(c3cccc(OC(F)(F)F)c3)C2c2ccccc2)cc1C(C)C. The lowest BCUT2D eigenvalue weighted by Gasteiger charge is -2.26. The second-order valence-electron chi connectivity index (χ2n) is 8.97. The number of Topliss-reactive ketones (excluding diaryl/α,β-unsaturated/α-hetero) is 1. The Morgan fingerprint density at radius 1 is 1.00 bits per heavy atom. The number of aliphatic hydroxyl groups is 1. The number of aliphatic hydroxyl groups excluding tert-OH is 1. The molecule has 6 nitrogen and oxygen atoms in total. The van der Waals surface area contributed by atoms with Crippen LogP contribution in [0.5, 0.6) is 11.5 Å². The van der Waals surface area contributed by atoms with Gasteiger partial charge in [0, 0.05) is 17.3 Å². The van der Waals surface area contributed by atoms with Gasteiger partial charge in [0.25, 0.3) is 11.7 Å². The number of anilines is 1. The summed E-state index contributed by atoms with van der Waals surface area (Å²) in [6.45, 7) is 6.22. The van der Waals surface area contributed by atoms with E-state index in [-0.39, 0.29) is 17.2 Å². The van der Waals surface area contributed by atoms with Gasteiger partial charge >= 0.3 is 6.36 Å². The molecule has 38 heavy (non-hydrogen) atoms. The van der Waals surface area contributed by atoms with E-state index in [2.05, 4.69) is 4.74 Å². The maximum atomic E-state index is 13.3. The Balaban J connectivity index is 1.89. The minimum atomic E-state index is -4.94. The molecular weight excluding hydrogens is 499 g/mol. The first-order valence-electron chi connectivity index (χ1n) is 12.0. The first-order valence-corrected chi connectivity index (χ1v) is 12.0. The Bertz CT molecular complexity index is 1380. The Morgan fingerprint density at radius 2 is 1.71 bits per heavy atom. The molecule has 1 unspecified atom stereocenters. The van der Waals surface area contributed by atoms with Crippen LogP contribution in [0.25, 0.3) is 5.76 Å². The maximum absolute atomic E-state index is 13.3. The number of carbonyl (C=O) groups excluding carboxylic acids is 2. The lowest BCUT2D eigenvalue weighted by atomic mass is 9.93. The zero-order valence-electron chi connectivity index (χ0n) is 21.0. The van der Waals surface area contributed by atoms with E-state index in [1.807, 2.05) is 20.8 Å². The number of halogens is 3. The van der Waals surface area contributed by atoms with Crippen LogP contribution in [0, 0.1) is 0 Å². The Hall–Kier alpha value is -4.27. The normalized spacial score (nSPS) is 17.2. The Morgan fingerprint density at radius 3 is 2.34 bits per heavy atom. The molecule has 4 rings (SSSR count). The molecule has 1 atom stereocenters. The number of alkyl halides is 3. The Labute approximate surface area is 217 Å². The molecule has 1 saturated heterocycles. The molecule has 1 aliphatic rings. The van der Waals surface area contributed by atoms with Crippen LogP contribution in [0.2, 0.25) is 0 Å². The van der Waals surface area contributed by atoms with Crippen LogP contribution >= 0.6 is 0 Å². The highest BCUT2D eigenvalue weighted by molar-refractivity contribution is 6.51. The predicted octanol–water partition coefficient (Wildman–Crippen LogP) is 6.73. The first kappa shape index (κ1) is 26.8. The second kappa shape index (κ2) is 10.6. The number of hydrogen-bond donors (Lipinski definition) is 1. The van der Waals surface area contributed by atoms with Gasteiger partial charge in [-0.2, -0.15) is 0 Å². The average molecular weight is 526 g/mol. The van der Waals surface area contributed by atoms with Crippen LogP contribution in [-0.4, -0.2) is 29.8 Å². The summed E-state index contributed by atoms with van der Waals surface area (Å²) < 4.78 is 48.2. The average Bonchev–Trinajstić information content (AvgIpc) is 3.14. The summed E-state index contributed by atoms with van der Waals surface area (Å²) in [7, 11) is 0. The van der Waals surface area contributed by atoms with Crippen molar-refractivity contribution in [3.8, 4) is 11.5 Å². The molecule has 0 radical (unpaired) electrons. The van der Waals surface area contributed by atoms with Gasteiger partial charge < -0.3 is 14.6 Å². The third kappa shape index (κ3) is 5.37. The lowest BCUT2D eigenvalue weighted by molar-refractivity contribution is -0.274. The molecule has 1 amide bonds. The fraction of sp³-hybridized carbons (Fsp3) is 0.241. The minimum absolute atomic E-state index is 0.0105. The van der Waals surface area contributed by atoms with Gasteiger partial charge in [0.05, 0.1) is 18.2 Å². The number of carbonyl (C=O) groups is 2. The Kier molecular flexibility index (Phi) is 7.48. The summed E-state index contributed by atoms with van der Waals surface area (Å²) in [6.07, 6.45) is -4.94. The van der Waals surface area contributed by atoms with Crippen molar-refractivity contribution >= 4 is 23.1 Å². The summed E-state index contributed by atoms with van der Waals surface area (Å²) in [4.78, 5) is 27.7. The van der Waals surface area contributed by atoms with E-state index in [0.717, 1.165) is 22.6 Å². The maximum Gasteiger partial charge on any atom is 0.573 e. The van der Waals surface area contributed by atoms with Crippen molar-refractivity contribution < 1.29 is 37.3 Å². The number of benzene rings is 3. The van der Waals surface area contributed by atoms with Crippen molar-refractivity contribution in [3.05, 3.63) is 95.1 Å².